The van der Waals surface area contributed by atoms with Gasteiger partial charge in [0.05, 0.1) is 19.8 Å². The van der Waals surface area contributed by atoms with E-state index >= 15 is 0 Å². The molecule has 0 spiro atoms. The molecular weight excluding hydrogens is 387 g/mol. The van der Waals surface area contributed by atoms with Crippen LogP contribution in [0, 0.1) is 20.8 Å². The molecule has 0 amide bonds. The molecule has 0 unspecified atom stereocenters. The third-order valence-corrected chi connectivity index (χ3v) is 4.47. The second-order valence-corrected chi connectivity index (χ2v) is 6.95. The molecule has 0 saturated heterocycles. The molecule has 0 bridgehead atoms. The lowest BCUT2D eigenvalue weighted by Gasteiger charge is -2.20. The van der Waals surface area contributed by atoms with E-state index in [1.54, 1.807) is 19.1 Å². The van der Waals surface area contributed by atoms with Gasteiger partial charge in [-0.2, -0.15) is 18.2 Å². The minimum absolute atomic E-state index is 0.0535. The van der Waals surface area contributed by atoms with E-state index < -0.39 is 11.9 Å². The van der Waals surface area contributed by atoms with Crippen molar-refractivity contribution in [3.8, 4) is 0 Å². The number of oxazole rings is 1. The molecule has 1 aromatic heterocycles. The van der Waals surface area contributed by atoms with Gasteiger partial charge in [-0.15, -0.1) is 0 Å². The lowest BCUT2D eigenvalue weighted by Crippen LogP contribution is -2.31. The van der Waals surface area contributed by atoms with Gasteiger partial charge < -0.3 is 19.2 Å². The molecule has 1 N–H and O–H groups in total. The van der Waals surface area contributed by atoms with E-state index in [0.29, 0.717) is 32.0 Å². The second-order valence-electron chi connectivity index (χ2n) is 6.95. The fourth-order valence-corrected chi connectivity index (χ4v) is 3.13. The minimum atomic E-state index is -4.62. The molecule has 0 aliphatic rings. The summed E-state index contributed by atoms with van der Waals surface area (Å²) in [6.07, 6.45) is -4.62. The Bertz CT molecular complexity index is 775. The molecule has 29 heavy (non-hydrogen) atoms. The molecule has 0 radical (unpaired) electrons. The van der Waals surface area contributed by atoms with Gasteiger partial charge in [0.25, 0.3) is 6.01 Å². The third-order valence-electron chi connectivity index (χ3n) is 4.47. The van der Waals surface area contributed by atoms with Crippen molar-refractivity contribution in [1.29, 1.82) is 0 Å². The van der Waals surface area contributed by atoms with Crippen LogP contribution in [-0.2, 0) is 22.2 Å². The molecular formula is C20H28F3N3O3. The summed E-state index contributed by atoms with van der Waals surface area (Å²) in [4.78, 5) is 5.48. The van der Waals surface area contributed by atoms with Gasteiger partial charge >= 0.3 is 6.18 Å². The van der Waals surface area contributed by atoms with Crippen LogP contribution in [0.2, 0.25) is 0 Å². The molecule has 2 aromatic rings. The molecule has 0 saturated carbocycles. The van der Waals surface area contributed by atoms with E-state index in [4.69, 9.17) is 13.9 Å². The normalized spacial score (nSPS) is 12.0. The molecule has 162 valence electrons. The fourth-order valence-electron chi connectivity index (χ4n) is 3.13. The van der Waals surface area contributed by atoms with Gasteiger partial charge in [-0.1, -0.05) is 17.7 Å². The summed E-state index contributed by atoms with van der Waals surface area (Å²) >= 11 is 0. The average Bonchev–Trinajstić information content (AvgIpc) is 3.03. The number of nitrogens with zero attached hydrogens (tertiary/aromatic N) is 2. The number of anilines is 2. The van der Waals surface area contributed by atoms with Gasteiger partial charge in [0.2, 0.25) is 0 Å². The molecule has 0 aliphatic heterocycles. The summed E-state index contributed by atoms with van der Waals surface area (Å²) in [7, 11) is 3.08. The van der Waals surface area contributed by atoms with E-state index in [1.165, 1.54) is 0 Å². The summed E-state index contributed by atoms with van der Waals surface area (Å²) < 4.78 is 56.2. The highest BCUT2D eigenvalue weighted by molar-refractivity contribution is 5.63. The van der Waals surface area contributed by atoms with Crippen LogP contribution in [0.1, 0.15) is 28.1 Å². The van der Waals surface area contributed by atoms with Gasteiger partial charge in [-0.3, -0.25) is 4.90 Å². The maximum absolute atomic E-state index is 13.5. The summed E-state index contributed by atoms with van der Waals surface area (Å²) in [5, 5.41) is 2.91. The fraction of sp³-hybridized carbons (Fsp3) is 0.550. The lowest BCUT2D eigenvalue weighted by atomic mass is 10.1. The summed E-state index contributed by atoms with van der Waals surface area (Å²) in [5.74, 6) is -0.241. The summed E-state index contributed by atoms with van der Waals surface area (Å²) in [6, 6.07) is 3.71. The Morgan fingerprint density at radius 1 is 1.03 bits per heavy atom. The standard InChI is InChI=1S/C20H28F3N3O3/c1-13-10-14(2)17(15(3)11-13)24-19-25-18(20(21,22)23)16(29-19)12-26(6-8-27-4)7-9-28-5/h10-11H,6-9,12H2,1-5H3,(H,24,25). The quantitative estimate of drug-likeness (QED) is 0.618. The van der Waals surface area contributed by atoms with Crippen molar-refractivity contribution in [3.05, 3.63) is 40.3 Å². The monoisotopic (exact) mass is 415 g/mol. The second kappa shape index (κ2) is 10.1. The number of benzene rings is 1. The third kappa shape index (κ3) is 6.45. The van der Waals surface area contributed by atoms with E-state index in [1.807, 2.05) is 32.9 Å². The van der Waals surface area contributed by atoms with Crippen LogP contribution in [0.3, 0.4) is 0 Å². The number of hydrogen-bond donors (Lipinski definition) is 1. The van der Waals surface area contributed by atoms with Crippen molar-refractivity contribution >= 4 is 11.7 Å². The van der Waals surface area contributed by atoms with Gasteiger partial charge in [-0.25, -0.2) is 0 Å². The van der Waals surface area contributed by atoms with Crippen molar-refractivity contribution in [2.45, 2.75) is 33.5 Å². The summed E-state index contributed by atoms with van der Waals surface area (Å²) in [6.45, 7) is 7.32. The van der Waals surface area contributed by atoms with Crippen molar-refractivity contribution in [2.24, 2.45) is 0 Å². The lowest BCUT2D eigenvalue weighted by molar-refractivity contribution is -0.142. The van der Waals surface area contributed by atoms with Crippen LogP contribution in [0.5, 0.6) is 0 Å². The number of methoxy groups -OCH3 is 2. The van der Waals surface area contributed by atoms with Crippen LogP contribution in [-0.4, -0.2) is 50.4 Å². The first-order valence-corrected chi connectivity index (χ1v) is 9.27. The molecule has 1 aromatic carbocycles. The number of rotatable bonds is 10. The molecule has 2 rings (SSSR count). The van der Waals surface area contributed by atoms with Gasteiger partial charge in [0.1, 0.15) is 0 Å². The molecule has 1 heterocycles. The highest BCUT2D eigenvalue weighted by atomic mass is 19.4. The number of aryl methyl sites for hydroxylation is 3. The topological polar surface area (TPSA) is 59.8 Å². The predicted molar refractivity (Wildman–Crippen MR) is 104 cm³/mol. The highest BCUT2D eigenvalue weighted by Gasteiger charge is 2.39. The van der Waals surface area contributed by atoms with Gasteiger partial charge in [0, 0.05) is 33.0 Å². The number of hydrogen-bond acceptors (Lipinski definition) is 6. The zero-order valence-electron chi connectivity index (χ0n) is 17.4. The van der Waals surface area contributed by atoms with Crippen LogP contribution in [0.4, 0.5) is 24.9 Å². The zero-order chi connectivity index (χ0) is 21.6. The summed E-state index contributed by atoms with van der Waals surface area (Å²) in [5.41, 5.74) is 2.53. The Kier molecular flexibility index (Phi) is 8.06. The first-order valence-electron chi connectivity index (χ1n) is 9.27. The van der Waals surface area contributed by atoms with Crippen molar-refractivity contribution in [3.63, 3.8) is 0 Å². The molecule has 6 nitrogen and oxygen atoms in total. The van der Waals surface area contributed by atoms with E-state index in [-0.39, 0.29) is 18.3 Å². The first-order chi connectivity index (χ1) is 13.7. The average molecular weight is 415 g/mol. The largest absolute Gasteiger partial charge is 0.436 e. The SMILES string of the molecule is COCCN(CCOC)Cc1oc(Nc2c(C)cc(C)cc2C)nc1C(F)(F)F. The smallest absolute Gasteiger partial charge is 0.426 e. The number of nitrogens with one attached hydrogen (secondary N) is 1. The number of ether oxygens (including phenoxy) is 2. The molecule has 9 heteroatoms. The van der Waals surface area contributed by atoms with E-state index in [2.05, 4.69) is 10.3 Å². The molecule has 0 atom stereocenters. The van der Waals surface area contributed by atoms with Crippen molar-refractivity contribution in [2.75, 3.05) is 45.8 Å². The van der Waals surface area contributed by atoms with E-state index in [9.17, 15) is 13.2 Å². The van der Waals surface area contributed by atoms with Crippen molar-refractivity contribution < 1.29 is 27.1 Å². The van der Waals surface area contributed by atoms with Crippen LogP contribution >= 0.6 is 0 Å². The maximum Gasteiger partial charge on any atom is 0.436 e. The number of aromatic nitrogens is 1. The van der Waals surface area contributed by atoms with Crippen LogP contribution < -0.4 is 5.32 Å². The predicted octanol–water partition coefficient (Wildman–Crippen LogP) is 4.46. The molecule has 0 fully saturated rings. The minimum Gasteiger partial charge on any atom is -0.426 e. The maximum atomic E-state index is 13.5. The first kappa shape index (κ1) is 23.2. The number of alkyl halides is 3. The Balaban J connectivity index is 2.32. The van der Waals surface area contributed by atoms with Gasteiger partial charge in [0.15, 0.2) is 11.5 Å². The van der Waals surface area contributed by atoms with Crippen LogP contribution in [0.25, 0.3) is 0 Å². The zero-order valence-corrected chi connectivity index (χ0v) is 17.4. The Hall–Kier alpha value is -2.10. The van der Waals surface area contributed by atoms with Crippen molar-refractivity contribution in [1.82, 2.24) is 9.88 Å². The molecule has 0 aliphatic carbocycles. The Morgan fingerprint density at radius 3 is 2.07 bits per heavy atom. The number of halogens is 3. The Labute approximate surface area is 169 Å². The Morgan fingerprint density at radius 2 is 1.59 bits per heavy atom. The highest BCUT2D eigenvalue weighted by Crippen LogP contribution is 2.35. The van der Waals surface area contributed by atoms with Crippen LogP contribution in [0.15, 0.2) is 16.5 Å². The van der Waals surface area contributed by atoms with Gasteiger partial charge in [-0.05, 0) is 31.9 Å². The van der Waals surface area contributed by atoms with E-state index in [0.717, 1.165) is 16.7 Å².